The van der Waals surface area contributed by atoms with Crippen molar-refractivity contribution >= 4 is 11.5 Å². The van der Waals surface area contributed by atoms with Gasteiger partial charge in [0.1, 0.15) is 5.82 Å². The van der Waals surface area contributed by atoms with Crippen LogP contribution in [-0.4, -0.2) is 41.1 Å². The number of morpholine rings is 1. The lowest BCUT2D eigenvalue weighted by Crippen LogP contribution is -2.36. The lowest BCUT2D eigenvalue weighted by atomic mass is 10.2. The Kier molecular flexibility index (Phi) is 4.06. The summed E-state index contributed by atoms with van der Waals surface area (Å²) in [6.07, 6.45) is 3.79. The maximum absolute atomic E-state index is 5.36. The van der Waals surface area contributed by atoms with E-state index in [4.69, 9.17) is 4.74 Å². The molecule has 0 aliphatic carbocycles. The first-order chi connectivity index (χ1) is 10.2. The van der Waals surface area contributed by atoms with Gasteiger partial charge in [0.15, 0.2) is 0 Å². The van der Waals surface area contributed by atoms with Crippen molar-refractivity contribution < 1.29 is 4.74 Å². The SMILES string of the molecule is Cc1c(CNc2ccc(N3CCOCC3)nc2)cnn1C. The van der Waals surface area contributed by atoms with Crippen LogP contribution < -0.4 is 10.2 Å². The van der Waals surface area contributed by atoms with Crippen LogP contribution in [0.25, 0.3) is 0 Å². The van der Waals surface area contributed by atoms with Gasteiger partial charge in [0.2, 0.25) is 0 Å². The number of pyridine rings is 1. The van der Waals surface area contributed by atoms with Crippen LogP contribution in [0.2, 0.25) is 0 Å². The Hall–Kier alpha value is -2.08. The Morgan fingerprint density at radius 1 is 1.24 bits per heavy atom. The third-order valence-corrected chi connectivity index (χ3v) is 3.90. The van der Waals surface area contributed by atoms with Crippen molar-refractivity contribution in [1.82, 2.24) is 14.8 Å². The van der Waals surface area contributed by atoms with Crippen LogP contribution in [0, 0.1) is 6.92 Å². The molecule has 21 heavy (non-hydrogen) atoms. The van der Waals surface area contributed by atoms with Gasteiger partial charge in [-0.05, 0) is 19.1 Å². The Morgan fingerprint density at radius 3 is 2.67 bits per heavy atom. The lowest BCUT2D eigenvalue weighted by Gasteiger charge is -2.27. The molecule has 0 aromatic carbocycles. The first-order valence-corrected chi connectivity index (χ1v) is 7.24. The lowest BCUT2D eigenvalue weighted by molar-refractivity contribution is 0.122. The highest BCUT2D eigenvalue weighted by Crippen LogP contribution is 2.16. The number of aromatic nitrogens is 3. The van der Waals surface area contributed by atoms with Crippen molar-refractivity contribution in [3.05, 3.63) is 35.8 Å². The molecule has 1 N–H and O–H groups in total. The van der Waals surface area contributed by atoms with Crippen molar-refractivity contribution in [1.29, 1.82) is 0 Å². The van der Waals surface area contributed by atoms with Crippen LogP contribution >= 0.6 is 0 Å². The summed E-state index contributed by atoms with van der Waals surface area (Å²) >= 11 is 0. The van der Waals surface area contributed by atoms with Gasteiger partial charge in [-0.1, -0.05) is 0 Å². The second-order valence-corrected chi connectivity index (χ2v) is 5.24. The highest BCUT2D eigenvalue weighted by atomic mass is 16.5. The number of hydrogen-bond acceptors (Lipinski definition) is 5. The van der Waals surface area contributed by atoms with Crippen molar-refractivity contribution in [3.63, 3.8) is 0 Å². The topological polar surface area (TPSA) is 55.2 Å². The van der Waals surface area contributed by atoms with E-state index in [9.17, 15) is 0 Å². The monoisotopic (exact) mass is 287 g/mol. The first-order valence-electron chi connectivity index (χ1n) is 7.24. The van der Waals surface area contributed by atoms with E-state index in [0.717, 1.165) is 44.4 Å². The Labute approximate surface area is 124 Å². The van der Waals surface area contributed by atoms with Gasteiger partial charge in [-0.25, -0.2) is 4.98 Å². The van der Waals surface area contributed by atoms with Crippen LogP contribution in [0.1, 0.15) is 11.3 Å². The molecule has 0 saturated carbocycles. The van der Waals surface area contributed by atoms with Crippen molar-refractivity contribution in [2.45, 2.75) is 13.5 Å². The molecule has 0 radical (unpaired) electrons. The van der Waals surface area contributed by atoms with Crippen LogP contribution in [0.3, 0.4) is 0 Å². The molecule has 112 valence electrons. The maximum Gasteiger partial charge on any atom is 0.128 e. The Bertz CT molecular complexity index is 587. The summed E-state index contributed by atoms with van der Waals surface area (Å²) in [7, 11) is 1.96. The maximum atomic E-state index is 5.36. The van der Waals surface area contributed by atoms with Gasteiger partial charge in [-0.3, -0.25) is 4.68 Å². The molecular formula is C15H21N5O. The second-order valence-electron chi connectivity index (χ2n) is 5.24. The number of nitrogens with zero attached hydrogens (tertiary/aromatic N) is 4. The average molecular weight is 287 g/mol. The minimum atomic E-state index is 0.762. The molecule has 3 heterocycles. The predicted octanol–water partition coefficient (Wildman–Crippen LogP) is 1.57. The zero-order valence-corrected chi connectivity index (χ0v) is 12.5. The minimum Gasteiger partial charge on any atom is -0.380 e. The first kappa shape index (κ1) is 13.9. The molecule has 1 aliphatic rings. The summed E-state index contributed by atoms with van der Waals surface area (Å²) in [6, 6.07) is 4.13. The van der Waals surface area contributed by atoms with Crippen LogP contribution in [0.15, 0.2) is 24.5 Å². The quantitative estimate of drug-likeness (QED) is 0.925. The summed E-state index contributed by atoms with van der Waals surface area (Å²) in [5, 5.41) is 7.63. The molecule has 0 atom stereocenters. The number of nitrogens with one attached hydrogen (secondary N) is 1. The summed E-state index contributed by atoms with van der Waals surface area (Å²) in [5.41, 5.74) is 3.41. The van der Waals surface area contributed by atoms with Gasteiger partial charge in [-0.2, -0.15) is 5.10 Å². The van der Waals surface area contributed by atoms with Crippen molar-refractivity contribution in [2.75, 3.05) is 36.5 Å². The minimum absolute atomic E-state index is 0.762. The van der Waals surface area contributed by atoms with E-state index in [-0.39, 0.29) is 0 Å². The molecule has 0 bridgehead atoms. The molecule has 1 fully saturated rings. The standard InChI is InChI=1S/C15H21N5O/c1-12-13(10-18-19(12)2)9-16-14-3-4-15(17-11-14)20-5-7-21-8-6-20/h3-4,10-11,16H,5-9H2,1-2H3. The third-order valence-electron chi connectivity index (χ3n) is 3.90. The second kappa shape index (κ2) is 6.13. The summed E-state index contributed by atoms with van der Waals surface area (Å²) in [5.74, 6) is 1.02. The summed E-state index contributed by atoms with van der Waals surface area (Å²) in [6.45, 7) is 6.22. The van der Waals surface area contributed by atoms with Gasteiger partial charge in [0.25, 0.3) is 0 Å². The largest absolute Gasteiger partial charge is 0.380 e. The highest BCUT2D eigenvalue weighted by molar-refractivity contribution is 5.49. The van der Waals surface area contributed by atoms with Crippen LogP contribution in [0.4, 0.5) is 11.5 Å². The van der Waals surface area contributed by atoms with Crippen molar-refractivity contribution in [2.24, 2.45) is 7.05 Å². The fourth-order valence-electron chi connectivity index (χ4n) is 2.39. The molecular weight excluding hydrogens is 266 g/mol. The van der Waals surface area contributed by atoms with Gasteiger partial charge >= 0.3 is 0 Å². The average Bonchev–Trinajstić information content (AvgIpc) is 2.86. The molecule has 2 aromatic heterocycles. The fourth-order valence-corrected chi connectivity index (χ4v) is 2.39. The Morgan fingerprint density at radius 2 is 2.05 bits per heavy atom. The molecule has 0 amide bonds. The van der Waals surface area contributed by atoms with Gasteiger partial charge in [0, 0.05) is 37.9 Å². The summed E-state index contributed by atoms with van der Waals surface area (Å²) in [4.78, 5) is 6.78. The number of aryl methyl sites for hydroxylation is 1. The molecule has 2 aromatic rings. The fraction of sp³-hybridized carbons (Fsp3) is 0.467. The van der Waals surface area contributed by atoms with Gasteiger partial charge < -0.3 is 15.0 Å². The molecule has 1 aliphatic heterocycles. The van der Waals surface area contributed by atoms with E-state index in [1.807, 2.05) is 24.1 Å². The van der Waals surface area contributed by atoms with Crippen LogP contribution in [-0.2, 0) is 18.3 Å². The predicted molar refractivity (Wildman–Crippen MR) is 82.5 cm³/mol. The zero-order chi connectivity index (χ0) is 14.7. The highest BCUT2D eigenvalue weighted by Gasteiger charge is 2.12. The van der Waals surface area contributed by atoms with Crippen LogP contribution in [0.5, 0.6) is 0 Å². The van der Waals surface area contributed by atoms with Gasteiger partial charge in [0.05, 0.1) is 31.3 Å². The molecule has 3 rings (SSSR count). The molecule has 0 spiro atoms. The van der Waals surface area contributed by atoms with E-state index in [1.54, 1.807) is 0 Å². The number of anilines is 2. The Balaban J connectivity index is 1.60. The smallest absolute Gasteiger partial charge is 0.128 e. The molecule has 6 heteroatoms. The van der Waals surface area contributed by atoms with E-state index >= 15 is 0 Å². The number of rotatable bonds is 4. The number of ether oxygens (including phenoxy) is 1. The van der Waals surface area contributed by atoms with E-state index < -0.39 is 0 Å². The van der Waals surface area contributed by atoms with E-state index in [1.165, 1.54) is 11.3 Å². The zero-order valence-electron chi connectivity index (χ0n) is 12.5. The third kappa shape index (κ3) is 3.16. The molecule has 6 nitrogen and oxygen atoms in total. The molecule has 1 saturated heterocycles. The summed E-state index contributed by atoms with van der Waals surface area (Å²) < 4.78 is 7.24. The molecule has 0 unspecified atom stereocenters. The van der Waals surface area contributed by atoms with Gasteiger partial charge in [-0.15, -0.1) is 0 Å². The van der Waals surface area contributed by atoms with E-state index in [0.29, 0.717) is 0 Å². The van der Waals surface area contributed by atoms with E-state index in [2.05, 4.69) is 39.4 Å². The number of hydrogen-bond donors (Lipinski definition) is 1. The van der Waals surface area contributed by atoms with Crippen molar-refractivity contribution in [3.8, 4) is 0 Å². The normalized spacial score (nSPS) is 15.2.